The van der Waals surface area contributed by atoms with Gasteiger partial charge in [0.1, 0.15) is 5.75 Å². The fourth-order valence-corrected chi connectivity index (χ4v) is 4.46. The number of carbonyl (C=O) groups excluding carboxylic acids is 2. The quantitative estimate of drug-likeness (QED) is 0.399. The van der Waals surface area contributed by atoms with E-state index in [1.165, 1.54) is 44.4 Å². The number of rotatable bonds is 11. The molecule has 0 aliphatic carbocycles. The number of benzene rings is 2. The van der Waals surface area contributed by atoms with Gasteiger partial charge < -0.3 is 24.3 Å². The Balaban J connectivity index is 1.52. The minimum Gasteiger partial charge on any atom is -0.497 e. The van der Waals surface area contributed by atoms with Crippen LogP contribution in [0.4, 0.5) is 10.8 Å². The van der Waals surface area contributed by atoms with Crippen molar-refractivity contribution < 1.29 is 28.5 Å². The molecule has 180 valence electrons. The lowest BCUT2D eigenvalue weighted by Crippen LogP contribution is -2.14. The summed E-state index contributed by atoms with van der Waals surface area (Å²) in [6, 6.07) is 10.3. The van der Waals surface area contributed by atoms with Gasteiger partial charge in [-0.25, -0.2) is 4.98 Å². The summed E-state index contributed by atoms with van der Waals surface area (Å²) in [7, 11) is 6.06. The number of anilines is 2. The molecule has 0 bridgehead atoms. The minimum atomic E-state index is -0.355. The molecule has 11 heteroatoms. The number of ether oxygens (including phenoxy) is 4. The number of aromatic nitrogens is 1. The molecule has 3 aromatic rings. The van der Waals surface area contributed by atoms with Crippen molar-refractivity contribution in [1.82, 2.24) is 4.98 Å². The monoisotopic (exact) mass is 503 g/mol. The van der Waals surface area contributed by atoms with E-state index < -0.39 is 0 Å². The molecule has 0 saturated heterocycles. The first-order valence-electron chi connectivity index (χ1n) is 10.0. The number of amides is 2. The summed E-state index contributed by atoms with van der Waals surface area (Å²) in [4.78, 5) is 29.3. The van der Waals surface area contributed by atoms with Crippen LogP contribution in [0.1, 0.15) is 16.1 Å². The van der Waals surface area contributed by atoms with Crippen LogP contribution in [0.15, 0.2) is 41.8 Å². The molecule has 0 atom stereocenters. The Morgan fingerprint density at radius 1 is 0.941 bits per heavy atom. The molecule has 2 amide bonds. The normalized spacial score (nSPS) is 10.4. The van der Waals surface area contributed by atoms with Crippen LogP contribution in [0.25, 0.3) is 0 Å². The summed E-state index contributed by atoms with van der Waals surface area (Å²) in [5, 5.41) is 7.92. The van der Waals surface area contributed by atoms with Gasteiger partial charge in [0.05, 0.1) is 39.9 Å². The van der Waals surface area contributed by atoms with Gasteiger partial charge in [-0.15, -0.1) is 23.1 Å². The molecule has 0 spiro atoms. The van der Waals surface area contributed by atoms with Gasteiger partial charge in [0.15, 0.2) is 16.6 Å². The zero-order valence-electron chi connectivity index (χ0n) is 19.2. The van der Waals surface area contributed by atoms with Crippen LogP contribution < -0.4 is 29.6 Å². The van der Waals surface area contributed by atoms with E-state index in [0.29, 0.717) is 39.4 Å². The van der Waals surface area contributed by atoms with E-state index in [1.807, 2.05) is 5.38 Å². The molecule has 0 aliphatic heterocycles. The summed E-state index contributed by atoms with van der Waals surface area (Å²) in [5.74, 6) is 2.25. The molecule has 1 heterocycles. The Morgan fingerprint density at radius 3 is 2.21 bits per heavy atom. The summed E-state index contributed by atoms with van der Waals surface area (Å²) >= 11 is 2.74. The molecule has 34 heavy (non-hydrogen) atoms. The first-order chi connectivity index (χ1) is 16.5. The molecule has 0 unspecified atom stereocenters. The maximum atomic E-state index is 12.7. The minimum absolute atomic E-state index is 0.110. The van der Waals surface area contributed by atoms with Gasteiger partial charge in [0, 0.05) is 22.4 Å². The van der Waals surface area contributed by atoms with Crippen molar-refractivity contribution in [2.75, 3.05) is 44.8 Å². The van der Waals surface area contributed by atoms with Gasteiger partial charge in [0.25, 0.3) is 5.91 Å². The number of methoxy groups -OCH3 is 4. The Labute approximate surface area is 205 Å². The zero-order chi connectivity index (χ0) is 24.5. The average molecular weight is 504 g/mol. The molecule has 1 aromatic heterocycles. The van der Waals surface area contributed by atoms with E-state index in [2.05, 4.69) is 15.6 Å². The molecular weight excluding hydrogens is 478 g/mol. The van der Waals surface area contributed by atoms with Crippen molar-refractivity contribution >= 4 is 45.7 Å². The zero-order valence-corrected chi connectivity index (χ0v) is 20.8. The Hall–Kier alpha value is -3.44. The second-order valence-corrected chi connectivity index (χ2v) is 8.63. The van der Waals surface area contributed by atoms with Gasteiger partial charge >= 0.3 is 0 Å². The van der Waals surface area contributed by atoms with E-state index in [4.69, 9.17) is 18.9 Å². The van der Waals surface area contributed by atoms with Crippen LogP contribution in [0.2, 0.25) is 0 Å². The van der Waals surface area contributed by atoms with Crippen molar-refractivity contribution in [1.29, 1.82) is 0 Å². The highest BCUT2D eigenvalue weighted by atomic mass is 32.2. The van der Waals surface area contributed by atoms with Crippen molar-refractivity contribution in [3.05, 3.63) is 53.0 Å². The molecule has 9 nitrogen and oxygen atoms in total. The number of hydrogen-bond acceptors (Lipinski definition) is 9. The fourth-order valence-electron chi connectivity index (χ4n) is 2.93. The van der Waals surface area contributed by atoms with Gasteiger partial charge in [-0.05, 0) is 36.4 Å². The first-order valence-corrected chi connectivity index (χ1v) is 12.1. The summed E-state index contributed by atoms with van der Waals surface area (Å²) in [6.45, 7) is 0. The highest BCUT2D eigenvalue weighted by molar-refractivity contribution is 7.99. The van der Waals surface area contributed by atoms with Crippen LogP contribution in [-0.2, 0) is 10.5 Å². The summed E-state index contributed by atoms with van der Waals surface area (Å²) < 4.78 is 21.0. The number of hydrogen-bond donors (Lipinski definition) is 2. The summed E-state index contributed by atoms with van der Waals surface area (Å²) in [6.07, 6.45) is 0. The molecule has 2 N–H and O–H groups in total. The first kappa shape index (κ1) is 25.2. The van der Waals surface area contributed by atoms with E-state index >= 15 is 0 Å². The lowest BCUT2D eigenvalue weighted by Gasteiger charge is -2.13. The van der Waals surface area contributed by atoms with Crippen LogP contribution in [-0.4, -0.2) is 51.0 Å². The Bertz CT molecular complexity index is 1110. The molecule has 0 saturated carbocycles. The van der Waals surface area contributed by atoms with E-state index in [9.17, 15) is 9.59 Å². The predicted molar refractivity (Wildman–Crippen MR) is 134 cm³/mol. The predicted octanol–water partition coefficient (Wildman–Crippen LogP) is 4.30. The van der Waals surface area contributed by atoms with Gasteiger partial charge in [0.2, 0.25) is 11.7 Å². The van der Waals surface area contributed by atoms with Gasteiger partial charge in [-0.3, -0.25) is 14.9 Å². The molecule has 0 fully saturated rings. The standard InChI is InChI=1S/C23H25N3O6S2/c1-29-17-7-5-15(6-8-17)24-20(27)13-33-11-16-12-34-23(25-16)26-22(28)14-9-18(30-2)21(32-4)19(10-14)31-3/h5-10,12H,11,13H2,1-4H3,(H,24,27)(H,25,26,28). The topological polar surface area (TPSA) is 108 Å². The largest absolute Gasteiger partial charge is 0.497 e. The number of nitrogens with zero attached hydrogens (tertiary/aromatic N) is 1. The van der Waals surface area contributed by atoms with E-state index in [1.54, 1.807) is 43.5 Å². The van der Waals surface area contributed by atoms with Crippen LogP contribution >= 0.6 is 23.1 Å². The van der Waals surface area contributed by atoms with Crippen LogP contribution in [0.5, 0.6) is 23.0 Å². The molecule has 2 aromatic carbocycles. The Kier molecular flexibility index (Phi) is 9.00. The third-order valence-corrected chi connectivity index (χ3v) is 6.33. The smallest absolute Gasteiger partial charge is 0.257 e. The van der Waals surface area contributed by atoms with E-state index in [-0.39, 0.29) is 17.6 Å². The highest BCUT2D eigenvalue weighted by Crippen LogP contribution is 2.38. The van der Waals surface area contributed by atoms with E-state index in [0.717, 1.165) is 11.4 Å². The maximum Gasteiger partial charge on any atom is 0.257 e. The van der Waals surface area contributed by atoms with Gasteiger partial charge in [-0.2, -0.15) is 0 Å². The number of thioether (sulfide) groups is 1. The molecule has 0 aliphatic rings. The van der Waals surface area contributed by atoms with Crippen LogP contribution in [0.3, 0.4) is 0 Å². The number of carbonyl (C=O) groups is 2. The average Bonchev–Trinajstić information content (AvgIpc) is 3.30. The van der Waals surface area contributed by atoms with Gasteiger partial charge in [-0.1, -0.05) is 0 Å². The van der Waals surface area contributed by atoms with Crippen molar-refractivity contribution in [2.45, 2.75) is 5.75 Å². The Morgan fingerprint density at radius 2 is 1.62 bits per heavy atom. The second-order valence-electron chi connectivity index (χ2n) is 6.78. The molecule has 3 rings (SSSR count). The maximum absolute atomic E-state index is 12.7. The number of nitrogens with one attached hydrogen (secondary N) is 2. The van der Waals surface area contributed by atoms with Crippen molar-refractivity contribution in [3.8, 4) is 23.0 Å². The lowest BCUT2D eigenvalue weighted by atomic mass is 10.1. The molecular formula is C23H25N3O6S2. The SMILES string of the molecule is COc1ccc(NC(=O)CSCc2csc(NC(=O)c3cc(OC)c(OC)c(OC)c3)n2)cc1. The molecule has 0 radical (unpaired) electrons. The summed E-state index contributed by atoms with van der Waals surface area (Å²) in [5.41, 5.74) is 1.82. The fraction of sp³-hybridized carbons (Fsp3) is 0.261. The second kappa shape index (κ2) is 12.1. The number of thiazole rings is 1. The van der Waals surface area contributed by atoms with Crippen LogP contribution in [0, 0.1) is 0 Å². The highest BCUT2D eigenvalue weighted by Gasteiger charge is 2.18. The lowest BCUT2D eigenvalue weighted by molar-refractivity contribution is -0.113. The van der Waals surface area contributed by atoms with Crippen molar-refractivity contribution in [3.63, 3.8) is 0 Å². The van der Waals surface area contributed by atoms with Crippen molar-refractivity contribution in [2.24, 2.45) is 0 Å². The third-order valence-electron chi connectivity index (χ3n) is 4.56. The third kappa shape index (κ3) is 6.55.